The van der Waals surface area contributed by atoms with Crippen molar-refractivity contribution >= 4 is 58.7 Å². The second kappa shape index (κ2) is 11.2. The number of hydrogen-bond donors (Lipinski definition) is 3. The lowest BCUT2D eigenvalue weighted by atomic mass is 10.0. The van der Waals surface area contributed by atoms with Crippen LogP contribution in [0.4, 0.5) is 10.5 Å². The van der Waals surface area contributed by atoms with E-state index in [1.807, 2.05) is 18.2 Å². The van der Waals surface area contributed by atoms with Crippen molar-refractivity contribution in [2.75, 3.05) is 18.0 Å². The fourth-order valence-electron chi connectivity index (χ4n) is 3.95. The van der Waals surface area contributed by atoms with E-state index in [0.717, 1.165) is 61.1 Å². The van der Waals surface area contributed by atoms with E-state index in [1.54, 1.807) is 6.08 Å². The van der Waals surface area contributed by atoms with E-state index in [4.69, 9.17) is 17.3 Å². The molecule has 2 fully saturated rings. The quantitative estimate of drug-likeness (QED) is 0.520. The lowest BCUT2D eigenvalue weighted by Crippen LogP contribution is -2.45. The van der Waals surface area contributed by atoms with Gasteiger partial charge in [0.05, 0.1) is 15.6 Å². The molecule has 2 aromatic rings. The standard InChI is InChI=1S/C23H25ClN4O2S.ClH/c24-19-5-1-3-17(11-20-22(29)27-23(30)31-20)21(19)28-10-2-4-18(14-28)26-13-16-8-6-15(12-25)7-9-16;/h1,3,5-9,11,18,26H,2,4,10,12-14,25H2,(H,27,29,30);1H/b20-11-;/t18-;/m1./s1. The van der Waals surface area contributed by atoms with Crippen molar-refractivity contribution in [2.24, 2.45) is 5.73 Å². The summed E-state index contributed by atoms with van der Waals surface area (Å²) >= 11 is 7.50. The van der Waals surface area contributed by atoms with Crippen LogP contribution in [-0.4, -0.2) is 30.3 Å². The van der Waals surface area contributed by atoms with Gasteiger partial charge in [-0.3, -0.25) is 14.9 Å². The molecule has 0 radical (unpaired) electrons. The number of nitrogens with zero attached hydrogens (tertiary/aromatic N) is 1. The molecule has 9 heteroatoms. The monoisotopic (exact) mass is 492 g/mol. The molecular weight excluding hydrogens is 467 g/mol. The third-order valence-electron chi connectivity index (χ3n) is 5.54. The molecule has 32 heavy (non-hydrogen) atoms. The first-order valence-corrected chi connectivity index (χ1v) is 11.5. The number of halogens is 2. The average Bonchev–Trinajstić information content (AvgIpc) is 3.09. The van der Waals surface area contributed by atoms with Crippen molar-refractivity contribution in [3.05, 3.63) is 69.1 Å². The zero-order valence-corrected chi connectivity index (χ0v) is 19.9. The summed E-state index contributed by atoms with van der Waals surface area (Å²) in [5.74, 6) is -0.361. The molecule has 4 N–H and O–H groups in total. The number of nitrogens with two attached hydrogens (primary N) is 1. The Morgan fingerprint density at radius 1 is 1.19 bits per heavy atom. The maximum atomic E-state index is 12.0. The zero-order chi connectivity index (χ0) is 21.8. The van der Waals surface area contributed by atoms with Crippen molar-refractivity contribution in [2.45, 2.75) is 32.0 Å². The molecule has 170 valence electrons. The van der Waals surface area contributed by atoms with Gasteiger partial charge in [0.25, 0.3) is 11.1 Å². The average molecular weight is 493 g/mol. The molecule has 2 aliphatic heterocycles. The van der Waals surface area contributed by atoms with Crippen molar-refractivity contribution in [1.82, 2.24) is 10.6 Å². The van der Waals surface area contributed by atoms with E-state index in [2.05, 4.69) is 39.8 Å². The van der Waals surface area contributed by atoms with Gasteiger partial charge in [-0.25, -0.2) is 0 Å². The number of thioether (sulfide) groups is 1. The molecule has 2 aromatic carbocycles. The van der Waals surface area contributed by atoms with Crippen LogP contribution >= 0.6 is 35.8 Å². The minimum atomic E-state index is -0.361. The number of nitrogens with one attached hydrogen (secondary N) is 2. The summed E-state index contributed by atoms with van der Waals surface area (Å²) < 4.78 is 0. The Kier molecular flexibility index (Phi) is 8.62. The highest BCUT2D eigenvalue weighted by atomic mass is 35.5. The Hall–Kier alpha value is -2.03. The van der Waals surface area contributed by atoms with E-state index in [1.165, 1.54) is 5.56 Å². The van der Waals surface area contributed by atoms with Crippen molar-refractivity contribution < 1.29 is 9.59 Å². The Morgan fingerprint density at radius 2 is 1.94 bits per heavy atom. The van der Waals surface area contributed by atoms with E-state index in [9.17, 15) is 9.59 Å². The molecule has 0 aliphatic carbocycles. The van der Waals surface area contributed by atoms with Gasteiger partial charge in [0.2, 0.25) is 0 Å². The molecule has 4 rings (SSSR count). The smallest absolute Gasteiger partial charge is 0.290 e. The van der Waals surface area contributed by atoms with Gasteiger partial charge in [0, 0.05) is 37.8 Å². The van der Waals surface area contributed by atoms with Gasteiger partial charge in [-0.05, 0) is 47.9 Å². The molecule has 0 saturated carbocycles. The van der Waals surface area contributed by atoms with Crippen LogP contribution in [0.15, 0.2) is 47.4 Å². The summed E-state index contributed by atoms with van der Waals surface area (Å²) in [4.78, 5) is 26.2. The number of piperidine rings is 1. The van der Waals surface area contributed by atoms with Crippen LogP contribution < -0.4 is 21.3 Å². The van der Waals surface area contributed by atoms with Gasteiger partial charge >= 0.3 is 0 Å². The van der Waals surface area contributed by atoms with Gasteiger partial charge in [-0.2, -0.15) is 0 Å². The Balaban J connectivity index is 0.00000289. The first-order valence-electron chi connectivity index (χ1n) is 10.3. The van der Waals surface area contributed by atoms with Gasteiger partial charge in [0.15, 0.2) is 0 Å². The number of anilines is 1. The molecule has 0 bridgehead atoms. The van der Waals surface area contributed by atoms with Gasteiger partial charge in [0.1, 0.15) is 0 Å². The van der Waals surface area contributed by atoms with Gasteiger partial charge in [-0.15, -0.1) is 12.4 Å². The largest absolute Gasteiger partial charge is 0.368 e. The van der Waals surface area contributed by atoms with Gasteiger partial charge in [-0.1, -0.05) is 48.0 Å². The molecular formula is C23H26Cl2N4O2S. The summed E-state index contributed by atoms with van der Waals surface area (Å²) in [6, 6.07) is 14.3. The SMILES string of the molecule is Cl.NCc1ccc(CN[C@@H]2CCCN(c3c(Cl)cccc3/C=C3\SC(=O)NC3=O)C2)cc1. The summed E-state index contributed by atoms with van der Waals surface area (Å²) in [6.07, 6.45) is 3.88. The first kappa shape index (κ1) is 24.6. The third-order valence-corrected chi connectivity index (χ3v) is 6.65. The number of benzene rings is 2. The molecule has 2 heterocycles. The minimum absolute atomic E-state index is 0. The van der Waals surface area contributed by atoms with E-state index in [-0.39, 0.29) is 23.6 Å². The Bertz CT molecular complexity index is 1010. The van der Waals surface area contributed by atoms with Crippen molar-refractivity contribution in [1.29, 1.82) is 0 Å². The topological polar surface area (TPSA) is 87.5 Å². The Morgan fingerprint density at radius 3 is 2.62 bits per heavy atom. The second-order valence-corrected chi connectivity index (χ2v) is 9.14. The maximum Gasteiger partial charge on any atom is 0.290 e. The first-order chi connectivity index (χ1) is 15.0. The Labute approximate surface area is 203 Å². The summed E-state index contributed by atoms with van der Waals surface area (Å²) in [5.41, 5.74) is 9.78. The highest BCUT2D eigenvalue weighted by Gasteiger charge is 2.27. The summed E-state index contributed by atoms with van der Waals surface area (Å²) in [6.45, 7) is 3.05. The molecule has 6 nitrogen and oxygen atoms in total. The van der Waals surface area contributed by atoms with Crippen molar-refractivity contribution in [3.63, 3.8) is 0 Å². The van der Waals surface area contributed by atoms with E-state index >= 15 is 0 Å². The second-order valence-electron chi connectivity index (χ2n) is 7.72. The van der Waals surface area contributed by atoms with Gasteiger partial charge < -0.3 is 16.0 Å². The zero-order valence-electron chi connectivity index (χ0n) is 17.5. The minimum Gasteiger partial charge on any atom is -0.368 e. The van der Waals surface area contributed by atoms with Crippen LogP contribution in [0.25, 0.3) is 6.08 Å². The van der Waals surface area contributed by atoms with Crippen LogP contribution in [0.5, 0.6) is 0 Å². The normalized spacial score (nSPS) is 19.8. The highest BCUT2D eigenvalue weighted by molar-refractivity contribution is 8.18. The lowest BCUT2D eigenvalue weighted by Gasteiger charge is -2.36. The molecule has 1 atom stereocenters. The van der Waals surface area contributed by atoms with Crippen LogP contribution in [0.1, 0.15) is 29.5 Å². The fourth-order valence-corrected chi connectivity index (χ4v) is 4.92. The third kappa shape index (κ3) is 5.85. The predicted octanol–water partition coefficient (Wildman–Crippen LogP) is 4.30. The van der Waals surface area contributed by atoms with Crippen LogP contribution in [0.3, 0.4) is 0 Å². The number of carbonyl (C=O) groups excluding carboxylic acids is 2. The number of imide groups is 1. The highest BCUT2D eigenvalue weighted by Crippen LogP contribution is 2.35. The van der Waals surface area contributed by atoms with E-state index < -0.39 is 0 Å². The van der Waals surface area contributed by atoms with Crippen LogP contribution in [0.2, 0.25) is 5.02 Å². The number of amides is 2. The molecule has 2 amide bonds. The fraction of sp³-hybridized carbons (Fsp3) is 0.304. The molecule has 0 spiro atoms. The molecule has 2 aliphatic rings. The van der Waals surface area contributed by atoms with E-state index in [0.29, 0.717) is 22.5 Å². The number of carbonyl (C=O) groups is 2. The number of hydrogen-bond acceptors (Lipinski definition) is 6. The molecule has 2 saturated heterocycles. The van der Waals surface area contributed by atoms with Crippen molar-refractivity contribution in [3.8, 4) is 0 Å². The molecule has 0 unspecified atom stereocenters. The number of rotatable bonds is 6. The summed E-state index contributed by atoms with van der Waals surface area (Å²) in [5, 5.41) is 6.25. The molecule has 0 aromatic heterocycles. The summed E-state index contributed by atoms with van der Waals surface area (Å²) in [7, 11) is 0. The number of para-hydroxylation sites is 1. The van der Waals surface area contributed by atoms with Crippen LogP contribution in [-0.2, 0) is 17.9 Å². The lowest BCUT2D eigenvalue weighted by molar-refractivity contribution is -0.115. The predicted molar refractivity (Wildman–Crippen MR) is 134 cm³/mol. The maximum absolute atomic E-state index is 12.0. The van der Waals surface area contributed by atoms with Crippen LogP contribution in [0, 0.1) is 0 Å².